The molecule has 3 heterocycles. The molecule has 9 nitrogen and oxygen atoms in total. The van der Waals surface area contributed by atoms with Crippen LogP contribution in [-0.4, -0.2) is 70.3 Å². The van der Waals surface area contributed by atoms with Gasteiger partial charge in [0.25, 0.3) is 0 Å². The lowest BCUT2D eigenvalue weighted by molar-refractivity contribution is 0.120. The Morgan fingerprint density at radius 1 is 1.12 bits per heavy atom. The minimum absolute atomic E-state index is 0.0457. The molecule has 3 aromatic rings. The standard InChI is InChI=1S/C33H39N5O4/c1-22(34-3)21-35-23(2)29(11-12-37(4)5)36-26-9-10-30-25(18-26)17-24-7-6-8-28(33(24)42-30)31-19-27(39)20-32(41-31)38-13-15-40-16-14-38/h6-10,18-21,29,36H,3,11-17H2,1-2,4-5H3/b22-21-,35-23?. The number of rotatable bonds is 10. The van der Waals surface area contributed by atoms with Crippen molar-refractivity contribution in [2.75, 3.05) is 57.2 Å². The highest BCUT2D eigenvalue weighted by molar-refractivity contribution is 5.90. The van der Waals surface area contributed by atoms with Crippen molar-refractivity contribution in [3.63, 3.8) is 0 Å². The number of allylic oxidation sites excluding steroid dienone is 1. The number of benzene rings is 2. The monoisotopic (exact) mass is 569 g/mol. The number of nitrogens with one attached hydrogen (secondary N) is 1. The lowest BCUT2D eigenvalue weighted by Crippen LogP contribution is -2.36. The Morgan fingerprint density at radius 3 is 2.69 bits per heavy atom. The Morgan fingerprint density at radius 2 is 1.93 bits per heavy atom. The highest BCUT2D eigenvalue weighted by Gasteiger charge is 2.24. The number of anilines is 2. The first-order valence-corrected chi connectivity index (χ1v) is 14.3. The van der Waals surface area contributed by atoms with E-state index < -0.39 is 0 Å². The van der Waals surface area contributed by atoms with E-state index >= 15 is 0 Å². The molecule has 1 fully saturated rings. The molecule has 42 heavy (non-hydrogen) atoms. The first-order valence-electron chi connectivity index (χ1n) is 14.3. The number of hydrogen-bond donors (Lipinski definition) is 1. The van der Waals surface area contributed by atoms with E-state index in [0.717, 1.165) is 58.3 Å². The smallest absolute Gasteiger partial charge is 0.200 e. The fourth-order valence-electron chi connectivity index (χ4n) is 5.10. The summed E-state index contributed by atoms with van der Waals surface area (Å²) in [5.74, 6) is 2.56. The summed E-state index contributed by atoms with van der Waals surface area (Å²) in [6, 6.07) is 15.3. The minimum atomic E-state index is -0.101. The van der Waals surface area contributed by atoms with Crippen molar-refractivity contribution < 1.29 is 13.9 Å². The van der Waals surface area contributed by atoms with E-state index in [1.165, 1.54) is 6.07 Å². The van der Waals surface area contributed by atoms with Crippen LogP contribution in [0.25, 0.3) is 11.3 Å². The Bertz CT molecular complexity index is 1550. The molecular weight excluding hydrogens is 530 g/mol. The van der Waals surface area contributed by atoms with Gasteiger partial charge in [0.05, 0.1) is 30.5 Å². The van der Waals surface area contributed by atoms with Crippen molar-refractivity contribution in [1.82, 2.24) is 4.90 Å². The third-order valence-corrected chi connectivity index (χ3v) is 7.51. The van der Waals surface area contributed by atoms with Crippen LogP contribution < -0.4 is 20.4 Å². The fourth-order valence-corrected chi connectivity index (χ4v) is 5.10. The second-order valence-corrected chi connectivity index (χ2v) is 11.0. The largest absolute Gasteiger partial charge is 0.456 e. The summed E-state index contributed by atoms with van der Waals surface area (Å²) in [5.41, 5.74) is 5.54. The van der Waals surface area contributed by atoms with Crippen LogP contribution in [0, 0.1) is 0 Å². The number of para-hydroxylation sites is 1. The van der Waals surface area contributed by atoms with Crippen molar-refractivity contribution in [2.45, 2.75) is 32.7 Å². The van der Waals surface area contributed by atoms with E-state index in [1.807, 2.05) is 43.0 Å². The zero-order valence-corrected chi connectivity index (χ0v) is 24.9. The molecule has 2 aromatic carbocycles. The highest BCUT2D eigenvalue weighted by atomic mass is 16.5. The second kappa shape index (κ2) is 13.2. The number of hydrogen-bond acceptors (Lipinski definition) is 9. The molecule has 1 atom stereocenters. The van der Waals surface area contributed by atoms with E-state index in [4.69, 9.17) is 13.9 Å². The Balaban J connectivity index is 1.40. The van der Waals surface area contributed by atoms with Crippen LogP contribution in [0.2, 0.25) is 0 Å². The molecule has 0 radical (unpaired) electrons. The van der Waals surface area contributed by atoms with Gasteiger partial charge in [-0.25, -0.2) is 0 Å². The van der Waals surface area contributed by atoms with Gasteiger partial charge in [-0.1, -0.05) is 12.1 Å². The molecule has 1 N–H and O–H groups in total. The molecule has 1 aromatic heterocycles. The van der Waals surface area contributed by atoms with Crippen molar-refractivity contribution in [2.24, 2.45) is 9.98 Å². The maximum Gasteiger partial charge on any atom is 0.200 e. The molecule has 220 valence electrons. The number of ether oxygens (including phenoxy) is 2. The minimum Gasteiger partial charge on any atom is -0.456 e. The molecular formula is C33H39N5O4. The van der Waals surface area contributed by atoms with E-state index in [1.54, 1.807) is 12.3 Å². The lowest BCUT2D eigenvalue weighted by atomic mass is 9.96. The summed E-state index contributed by atoms with van der Waals surface area (Å²) < 4.78 is 18.2. The quantitative estimate of drug-likeness (QED) is 0.249. The molecule has 5 rings (SSSR count). The van der Waals surface area contributed by atoms with Gasteiger partial charge >= 0.3 is 0 Å². The molecule has 0 amide bonds. The van der Waals surface area contributed by atoms with Crippen molar-refractivity contribution in [3.8, 4) is 22.8 Å². The zero-order chi connectivity index (χ0) is 29.6. The normalized spacial score (nSPS) is 16.0. The summed E-state index contributed by atoms with van der Waals surface area (Å²) in [5, 5.41) is 3.68. The van der Waals surface area contributed by atoms with E-state index in [-0.39, 0.29) is 11.5 Å². The number of aliphatic imine (C=N–C) groups is 2. The van der Waals surface area contributed by atoms with E-state index in [9.17, 15) is 4.79 Å². The molecule has 0 saturated carbocycles. The Hall–Kier alpha value is -4.21. The summed E-state index contributed by atoms with van der Waals surface area (Å²) in [4.78, 5) is 25.4. The predicted octanol–water partition coefficient (Wildman–Crippen LogP) is 5.59. The van der Waals surface area contributed by atoms with Crippen LogP contribution in [0.4, 0.5) is 11.6 Å². The first kappa shape index (κ1) is 29.3. The number of nitrogens with zero attached hydrogens (tertiary/aromatic N) is 4. The molecule has 1 unspecified atom stereocenters. The second-order valence-electron chi connectivity index (χ2n) is 11.0. The SMILES string of the molecule is C=N/C(C)=C\N=C(C)C(CCN(C)C)Nc1ccc2c(c1)Cc1cccc(-c3cc(=O)cc(N4CCOCC4)o3)c1O2. The van der Waals surface area contributed by atoms with E-state index in [0.29, 0.717) is 44.4 Å². The van der Waals surface area contributed by atoms with Crippen LogP contribution in [0.3, 0.4) is 0 Å². The molecule has 0 spiro atoms. The van der Waals surface area contributed by atoms with Gasteiger partial charge in [-0.2, -0.15) is 0 Å². The van der Waals surface area contributed by atoms with Crippen LogP contribution in [-0.2, 0) is 11.2 Å². The van der Waals surface area contributed by atoms with Gasteiger partial charge in [-0.15, -0.1) is 0 Å². The summed E-state index contributed by atoms with van der Waals surface area (Å²) >= 11 is 0. The van der Waals surface area contributed by atoms with Gasteiger partial charge in [0.15, 0.2) is 11.3 Å². The third kappa shape index (κ3) is 6.98. The topological polar surface area (TPSA) is 91.9 Å². The Labute approximate surface area is 247 Å². The molecule has 9 heteroatoms. The average molecular weight is 570 g/mol. The predicted molar refractivity (Wildman–Crippen MR) is 170 cm³/mol. The molecule has 0 aliphatic carbocycles. The molecule has 0 bridgehead atoms. The lowest BCUT2D eigenvalue weighted by Gasteiger charge is -2.28. The van der Waals surface area contributed by atoms with Crippen LogP contribution in [0.15, 0.2) is 79.6 Å². The summed E-state index contributed by atoms with van der Waals surface area (Å²) in [7, 11) is 4.14. The van der Waals surface area contributed by atoms with Gasteiger partial charge in [0, 0.05) is 60.4 Å². The summed E-state index contributed by atoms with van der Waals surface area (Å²) in [6.07, 6.45) is 3.34. The molecule has 1 saturated heterocycles. The highest BCUT2D eigenvalue weighted by Crippen LogP contribution is 2.43. The average Bonchev–Trinajstić information content (AvgIpc) is 3.00. The van der Waals surface area contributed by atoms with Gasteiger partial charge < -0.3 is 29.0 Å². The fraction of sp³-hybridized carbons (Fsp3) is 0.364. The summed E-state index contributed by atoms with van der Waals surface area (Å²) in [6.45, 7) is 11.0. The van der Waals surface area contributed by atoms with Gasteiger partial charge in [0.1, 0.15) is 17.3 Å². The van der Waals surface area contributed by atoms with E-state index in [2.05, 4.69) is 53.1 Å². The molecule has 2 aliphatic heterocycles. The van der Waals surface area contributed by atoms with Crippen molar-refractivity contribution in [3.05, 3.63) is 81.8 Å². The number of fused-ring (bicyclic) bond motifs is 2. The van der Waals surface area contributed by atoms with Crippen LogP contribution in [0.1, 0.15) is 31.4 Å². The van der Waals surface area contributed by atoms with Crippen LogP contribution in [0.5, 0.6) is 11.5 Å². The van der Waals surface area contributed by atoms with Gasteiger partial charge in [0.2, 0.25) is 0 Å². The van der Waals surface area contributed by atoms with Crippen LogP contribution >= 0.6 is 0 Å². The Kier molecular flexibility index (Phi) is 9.19. The number of morpholine rings is 1. The molecule has 2 aliphatic rings. The maximum atomic E-state index is 12.7. The van der Waals surface area contributed by atoms with Crippen molar-refractivity contribution in [1.29, 1.82) is 0 Å². The van der Waals surface area contributed by atoms with Gasteiger partial charge in [-0.05, 0) is 71.9 Å². The third-order valence-electron chi connectivity index (χ3n) is 7.51. The zero-order valence-electron chi connectivity index (χ0n) is 24.9. The van der Waals surface area contributed by atoms with Gasteiger partial charge in [-0.3, -0.25) is 14.8 Å². The maximum absolute atomic E-state index is 12.7. The first-order chi connectivity index (χ1) is 20.3. The van der Waals surface area contributed by atoms with Crippen molar-refractivity contribution >= 4 is 24.0 Å².